The maximum Gasteiger partial charge on any atom is 0.249 e. The third-order valence-corrected chi connectivity index (χ3v) is 17.8. The molecule has 0 amide bonds. The zero-order valence-electron chi connectivity index (χ0n) is 68.0. The van der Waals surface area contributed by atoms with Crippen LogP contribution in [0.25, 0.3) is 127 Å². The van der Waals surface area contributed by atoms with Crippen LogP contribution in [0.2, 0.25) is 0 Å². The first kappa shape index (κ1) is 29.5. The normalized spacial score (nSPS) is 16.8. The van der Waals surface area contributed by atoms with Crippen molar-refractivity contribution in [1.82, 2.24) is 13.7 Å². The molecule has 13 aromatic carbocycles. The molecule has 394 valence electrons. The van der Waals surface area contributed by atoms with Crippen LogP contribution in [0.5, 0.6) is 0 Å². The highest BCUT2D eigenvalue weighted by Crippen LogP contribution is 2.52. The Morgan fingerprint density at radius 3 is 1.32 bits per heavy atom. The minimum absolute atomic E-state index is 0.112. The van der Waals surface area contributed by atoms with Crippen LogP contribution in [0.4, 0.5) is 17.1 Å². The lowest BCUT2D eigenvalue weighted by molar-refractivity contribution is 0.668. The molecule has 0 saturated carbocycles. The SMILES string of the molecule is [2H]c1c([2H])c([2H])c2c(c1[2H])c1c([2H])c([2H])c([2H])c([2H])c1n2-c1ccc2c(c1)N(c1c(-c3ccccc3)cccc1-c1ccccc1)c1cc(-n3c4c([2H])c([2H])c([2H])c([2H])c4c4c([2H])c([2H])c([2H])c([2H])c43)cc3c1B2c1ccc2oc4ccc(-n5c6c([2H])c([2H])c([2H])c([2H])c6c6c([2H])c([2H])c([2H])c([2H])c65)cc4c2c1S3. The van der Waals surface area contributed by atoms with E-state index >= 15 is 0 Å². The number of hydrogen-bond donors (Lipinski definition) is 0. The van der Waals surface area contributed by atoms with Gasteiger partial charge in [-0.3, -0.25) is 0 Å². The molecule has 0 radical (unpaired) electrons. The molecule has 0 spiro atoms. The monoisotopic (exact) mass is 1120 g/mol. The van der Waals surface area contributed by atoms with E-state index in [-0.39, 0.29) is 82.5 Å². The molecule has 19 rings (SSSR count). The van der Waals surface area contributed by atoms with Gasteiger partial charge >= 0.3 is 0 Å². The highest BCUT2D eigenvalue weighted by molar-refractivity contribution is 8.00. The zero-order chi connectivity index (χ0) is 76.3. The van der Waals surface area contributed by atoms with Crippen molar-refractivity contribution in [3.63, 3.8) is 0 Å². The Kier molecular flexibility index (Phi) is 6.21. The van der Waals surface area contributed by atoms with Gasteiger partial charge in [-0.05, 0) is 107 Å². The summed E-state index contributed by atoms with van der Waals surface area (Å²) < 4.78 is 233. The minimum atomic E-state index is -0.859. The number of aromatic nitrogens is 3. The van der Waals surface area contributed by atoms with E-state index in [2.05, 4.69) is 0 Å². The van der Waals surface area contributed by atoms with Crippen LogP contribution in [0.15, 0.2) is 299 Å². The molecule has 17 aromatic rings. The number of furan rings is 1. The number of hydrogen-bond acceptors (Lipinski definition) is 3. The van der Waals surface area contributed by atoms with Gasteiger partial charge < -0.3 is 23.0 Å². The quantitative estimate of drug-likeness (QED) is 0.156. The molecular weight excluding hydrogens is 1050 g/mol. The van der Waals surface area contributed by atoms with Crippen LogP contribution < -0.4 is 21.3 Å². The summed E-state index contributed by atoms with van der Waals surface area (Å²) in [7, 11) is 0. The Hall–Kier alpha value is -10.7. The van der Waals surface area contributed by atoms with Gasteiger partial charge in [0.2, 0.25) is 6.71 Å². The largest absolute Gasteiger partial charge is 0.456 e. The Balaban J connectivity index is 0.997. The molecular formula is C78H47BN4OS. The van der Waals surface area contributed by atoms with Crippen LogP contribution in [0, 0.1) is 0 Å². The van der Waals surface area contributed by atoms with Gasteiger partial charge in [-0.25, -0.2) is 0 Å². The Morgan fingerprint density at radius 1 is 0.365 bits per heavy atom. The Morgan fingerprint density at radius 2 is 0.800 bits per heavy atom. The topological polar surface area (TPSA) is 31.2 Å². The van der Waals surface area contributed by atoms with Gasteiger partial charge in [-0.2, -0.15) is 0 Å². The molecule has 0 unspecified atom stereocenters. The predicted octanol–water partition coefficient (Wildman–Crippen LogP) is 19.0. The third-order valence-electron chi connectivity index (χ3n) is 16.6. The maximum absolute atomic E-state index is 9.82. The van der Waals surface area contributed by atoms with Gasteiger partial charge in [0, 0.05) is 92.4 Å². The second kappa shape index (κ2) is 17.9. The van der Waals surface area contributed by atoms with Crippen molar-refractivity contribution >= 4 is 139 Å². The minimum Gasteiger partial charge on any atom is -0.456 e. The molecule has 0 atom stereocenters. The fourth-order valence-corrected chi connectivity index (χ4v) is 14.5. The van der Waals surface area contributed by atoms with Crippen molar-refractivity contribution in [3.8, 4) is 39.3 Å². The summed E-state index contributed by atoms with van der Waals surface area (Å²) in [6, 6.07) is 28.8. The van der Waals surface area contributed by atoms with Gasteiger partial charge in [0.25, 0.3) is 0 Å². The van der Waals surface area contributed by atoms with Gasteiger partial charge in [-0.1, -0.05) is 217 Å². The molecule has 7 heteroatoms. The molecule has 2 aliphatic rings. The first-order valence-corrected chi connectivity index (χ1v) is 28.0. The van der Waals surface area contributed by atoms with Gasteiger partial charge in [0.15, 0.2) is 0 Å². The van der Waals surface area contributed by atoms with E-state index < -0.39 is 152 Å². The smallest absolute Gasteiger partial charge is 0.249 e. The molecule has 6 heterocycles. The van der Waals surface area contributed by atoms with Crippen molar-refractivity contribution in [2.45, 2.75) is 9.79 Å². The lowest BCUT2D eigenvalue weighted by atomic mass is 9.34. The second-order valence-corrected chi connectivity index (χ2v) is 22.0. The van der Waals surface area contributed by atoms with Crippen LogP contribution in [0.1, 0.15) is 32.9 Å². The van der Waals surface area contributed by atoms with Gasteiger partial charge in [0.1, 0.15) is 11.2 Å². The van der Waals surface area contributed by atoms with E-state index in [1.807, 2.05) is 114 Å². The fourth-order valence-electron chi connectivity index (χ4n) is 13.2. The van der Waals surface area contributed by atoms with Crippen LogP contribution >= 0.6 is 11.8 Å². The fraction of sp³-hybridized carbons (Fsp3) is 0. The lowest BCUT2D eigenvalue weighted by Crippen LogP contribution is -2.60. The van der Waals surface area contributed by atoms with E-state index in [0.29, 0.717) is 76.3 Å². The van der Waals surface area contributed by atoms with E-state index in [1.54, 1.807) is 30.3 Å². The van der Waals surface area contributed by atoms with Crippen LogP contribution in [0.3, 0.4) is 0 Å². The summed E-state index contributed by atoms with van der Waals surface area (Å²) in [6.07, 6.45) is 0. The Bertz CT molecular complexity index is 6870. The first-order chi connectivity index (χ1) is 52.2. The second-order valence-electron chi connectivity index (χ2n) is 20.9. The maximum atomic E-state index is 9.82. The van der Waals surface area contributed by atoms with Crippen molar-refractivity contribution < 1.29 is 37.3 Å². The van der Waals surface area contributed by atoms with Crippen LogP contribution in [-0.2, 0) is 0 Å². The molecule has 5 nitrogen and oxygen atoms in total. The van der Waals surface area contributed by atoms with E-state index in [1.165, 1.54) is 25.5 Å². The molecule has 0 N–H and O–H groups in total. The molecule has 4 aromatic heterocycles. The summed E-state index contributed by atoms with van der Waals surface area (Å²) in [4.78, 5) is 3.14. The number of benzene rings is 13. The summed E-state index contributed by atoms with van der Waals surface area (Å²) in [5.41, 5.74) is 6.58. The molecule has 0 bridgehead atoms. The third kappa shape index (κ3) is 6.67. The first-order valence-electron chi connectivity index (χ1n) is 39.2. The van der Waals surface area contributed by atoms with Crippen molar-refractivity contribution in [2.24, 2.45) is 0 Å². The van der Waals surface area contributed by atoms with Crippen molar-refractivity contribution in [2.75, 3.05) is 4.90 Å². The standard InChI is InChI=1S/C78H47BN4OS/c1-3-20-48(21-4-1)53-30-19-31-54(49-22-5-2-6-23-49)77(53)83-70-45-51(81-66-34-15-9-26-57(66)58-27-10-16-35-67(58)81)38-40-62(70)79-63-41-43-73-75(61-44-50(39-42-72(61)84-73)80-64-32-13-7-24-55(64)56-25-8-14-33-65(56)80)78(63)85-74-47-52(46-71(83)76(74)79)82-68-36-17-11-28-59(68)60-29-12-18-37-69(60)82/h1-47H/i7D,8D,9D,10D,11D,12D,13D,14D,15D,16D,17D,18D,24D,25D,26D,27D,28D,29D,32D,33D,34D,35D,36D,37D. The van der Waals surface area contributed by atoms with E-state index in [0.717, 1.165) is 11.1 Å². The molecule has 0 fully saturated rings. The van der Waals surface area contributed by atoms with Gasteiger partial charge in [-0.15, -0.1) is 0 Å². The average Bonchev–Trinajstić information content (AvgIpc) is 1.63. The molecule has 2 aliphatic heterocycles. The predicted molar refractivity (Wildman–Crippen MR) is 358 cm³/mol. The number of rotatable bonds is 6. The summed E-state index contributed by atoms with van der Waals surface area (Å²) in [5.74, 6) is 0. The van der Waals surface area contributed by atoms with Gasteiger partial charge in [0.05, 0.1) is 71.7 Å². The number of fused-ring (bicyclic) bond motifs is 17. The van der Waals surface area contributed by atoms with E-state index in [9.17, 15) is 19.2 Å². The summed E-state index contributed by atoms with van der Waals surface area (Å²) in [6.45, 7) is -0.859. The van der Waals surface area contributed by atoms with E-state index in [4.69, 9.17) is 18.1 Å². The highest BCUT2D eigenvalue weighted by atomic mass is 32.2. The average molecular weight is 1120 g/mol. The summed E-state index contributed by atoms with van der Waals surface area (Å²) in [5, 5.41) is 0.0291. The van der Waals surface area contributed by atoms with Crippen molar-refractivity contribution in [3.05, 3.63) is 285 Å². The Labute approximate surface area is 527 Å². The van der Waals surface area contributed by atoms with Crippen LogP contribution in [-0.4, -0.2) is 20.4 Å². The number of anilines is 3. The molecule has 0 saturated heterocycles. The summed E-state index contributed by atoms with van der Waals surface area (Å²) >= 11 is 1.30. The van der Waals surface area contributed by atoms with Crippen molar-refractivity contribution in [1.29, 1.82) is 0 Å². The highest BCUT2D eigenvalue weighted by Gasteiger charge is 2.44. The molecule has 85 heavy (non-hydrogen) atoms. The molecule has 0 aliphatic carbocycles. The number of para-hydroxylation sites is 7. The lowest BCUT2D eigenvalue weighted by Gasteiger charge is -2.42. The zero-order valence-corrected chi connectivity index (χ0v) is 44.8. The number of nitrogens with zero attached hydrogens (tertiary/aromatic N) is 4.